The van der Waals surface area contributed by atoms with Crippen LogP contribution in [0.15, 0.2) is 36.7 Å². The Hall–Kier alpha value is -3.41. The number of alkyl halides is 1. The number of methoxy groups -OCH3 is 1. The van der Waals surface area contributed by atoms with Crippen molar-refractivity contribution in [2.45, 2.75) is 18.7 Å². The van der Waals surface area contributed by atoms with E-state index in [2.05, 4.69) is 30.7 Å². The smallest absolute Gasteiger partial charge is 0.296 e. The Morgan fingerprint density at radius 3 is 3.00 bits per heavy atom. The predicted octanol–water partition coefficient (Wildman–Crippen LogP) is 1.52. The van der Waals surface area contributed by atoms with Gasteiger partial charge < -0.3 is 19.7 Å². The summed E-state index contributed by atoms with van der Waals surface area (Å²) in [5.74, 6) is 0.895. The molecule has 3 aromatic rings. The molecular formula is C18H18FN7O3S. The van der Waals surface area contributed by atoms with Gasteiger partial charge in [-0.3, -0.25) is 9.78 Å². The lowest BCUT2D eigenvalue weighted by atomic mass is 10.2. The SMILES string of the molecule is COc1ccnc(CC(=O)Nc2nnc(O[C@H]3CN(c4cccnn4)C[C@@H]3F)s2)c1. The minimum Gasteiger partial charge on any atom is -0.497 e. The number of anilines is 2. The summed E-state index contributed by atoms with van der Waals surface area (Å²) >= 11 is 1.03. The zero-order chi connectivity index (χ0) is 20.9. The van der Waals surface area contributed by atoms with E-state index in [-0.39, 0.29) is 29.2 Å². The minimum atomic E-state index is -1.21. The van der Waals surface area contributed by atoms with Gasteiger partial charge in [-0.05, 0) is 29.5 Å². The van der Waals surface area contributed by atoms with Crippen LogP contribution in [0.5, 0.6) is 10.9 Å². The van der Waals surface area contributed by atoms with Crippen LogP contribution in [-0.4, -0.2) is 63.8 Å². The molecule has 1 N–H and O–H groups in total. The predicted molar refractivity (Wildman–Crippen MR) is 107 cm³/mol. The van der Waals surface area contributed by atoms with Crippen LogP contribution in [-0.2, 0) is 11.2 Å². The fourth-order valence-electron chi connectivity index (χ4n) is 2.94. The van der Waals surface area contributed by atoms with Crippen LogP contribution in [0.25, 0.3) is 0 Å². The Morgan fingerprint density at radius 1 is 1.30 bits per heavy atom. The van der Waals surface area contributed by atoms with Gasteiger partial charge in [-0.2, -0.15) is 5.10 Å². The fraction of sp³-hybridized carbons (Fsp3) is 0.333. The van der Waals surface area contributed by atoms with E-state index < -0.39 is 12.3 Å². The number of carbonyl (C=O) groups excluding carboxylic acids is 1. The molecule has 12 heteroatoms. The molecule has 0 aromatic carbocycles. The molecule has 1 fully saturated rings. The highest BCUT2D eigenvalue weighted by Crippen LogP contribution is 2.28. The second-order valence-corrected chi connectivity index (χ2v) is 7.38. The molecular weight excluding hydrogens is 413 g/mol. The van der Waals surface area contributed by atoms with E-state index in [4.69, 9.17) is 9.47 Å². The molecule has 2 atom stereocenters. The molecule has 1 saturated heterocycles. The van der Waals surface area contributed by atoms with Gasteiger partial charge >= 0.3 is 0 Å². The Morgan fingerprint density at radius 2 is 2.20 bits per heavy atom. The summed E-state index contributed by atoms with van der Waals surface area (Å²) in [6, 6.07) is 6.88. The van der Waals surface area contributed by atoms with Crippen molar-refractivity contribution < 1.29 is 18.7 Å². The zero-order valence-electron chi connectivity index (χ0n) is 15.9. The standard InChI is InChI=1S/C18H18FN7O3S/c1-28-12-4-6-20-11(7-12)8-16(27)22-17-24-25-18(30-17)29-14-10-26(9-13(14)19)15-3-2-5-21-23-15/h2-7,13-14H,8-10H2,1H3,(H,22,24,27)/t13-,14-/m0/s1. The lowest BCUT2D eigenvalue weighted by Crippen LogP contribution is -2.27. The molecule has 30 heavy (non-hydrogen) atoms. The number of nitrogens with one attached hydrogen (secondary N) is 1. The third-order valence-corrected chi connectivity index (χ3v) is 5.08. The average molecular weight is 431 g/mol. The van der Waals surface area contributed by atoms with Gasteiger partial charge in [-0.15, -0.1) is 10.2 Å². The molecule has 0 spiro atoms. The lowest BCUT2D eigenvalue weighted by Gasteiger charge is -2.15. The highest BCUT2D eigenvalue weighted by Gasteiger charge is 2.36. The number of hydrogen-bond acceptors (Lipinski definition) is 10. The van der Waals surface area contributed by atoms with Crippen molar-refractivity contribution in [1.82, 2.24) is 25.4 Å². The van der Waals surface area contributed by atoms with Gasteiger partial charge in [0.15, 0.2) is 18.1 Å². The molecule has 0 unspecified atom stereocenters. The molecule has 1 aliphatic heterocycles. The number of rotatable bonds is 7. The Balaban J connectivity index is 1.32. The second-order valence-electron chi connectivity index (χ2n) is 6.44. The van der Waals surface area contributed by atoms with Crippen molar-refractivity contribution in [1.29, 1.82) is 0 Å². The van der Waals surface area contributed by atoms with E-state index in [0.29, 0.717) is 23.8 Å². The molecule has 0 radical (unpaired) electrons. The van der Waals surface area contributed by atoms with Crippen LogP contribution in [0.1, 0.15) is 5.69 Å². The first kappa shape index (κ1) is 19.9. The third kappa shape index (κ3) is 4.76. The van der Waals surface area contributed by atoms with Crippen LogP contribution in [0, 0.1) is 0 Å². The normalized spacial score (nSPS) is 18.3. The molecule has 0 saturated carbocycles. The number of pyridine rings is 1. The van der Waals surface area contributed by atoms with E-state index in [9.17, 15) is 9.18 Å². The monoisotopic (exact) mass is 431 g/mol. The number of nitrogens with zero attached hydrogens (tertiary/aromatic N) is 6. The lowest BCUT2D eigenvalue weighted by molar-refractivity contribution is -0.115. The Bertz CT molecular complexity index is 1010. The van der Waals surface area contributed by atoms with Gasteiger partial charge in [0.05, 0.1) is 32.3 Å². The molecule has 3 aromatic heterocycles. The Labute approximate surface area is 175 Å². The number of hydrogen-bond donors (Lipinski definition) is 1. The second kappa shape index (κ2) is 8.95. The van der Waals surface area contributed by atoms with Gasteiger partial charge in [-0.25, -0.2) is 4.39 Å². The highest BCUT2D eigenvalue weighted by atomic mass is 32.1. The first-order valence-electron chi connectivity index (χ1n) is 9.06. The maximum absolute atomic E-state index is 14.4. The summed E-state index contributed by atoms with van der Waals surface area (Å²) in [5.41, 5.74) is 0.558. The summed E-state index contributed by atoms with van der Waals surface area (Å²) in [7, 11) is 1.54. The molecule has 156 valence electrons. The van der Waals surface area contributed by atoms with Crippen LogP contribution >= 0.6 is 11.3 Å². The van der Waals surface area contributed by atoms with E-state index in [0.717, 1.165) is 11.3 Å². The van der Waals surface area contributed by atoms with Crippen molar-refractivity contribution in [3.05, 3.63) is 42.4 Å². The number of ether oxygens (including phenoxy) is 2. The van der Waals surface area contributed by atoms with Crippen molar-refractivity contribution in [3.8, 4) is 10.9 Å². The molecule has 4 rings (SSSR count). The van der Waals surface area contributed by atoms with Gasteiger partial charge in [0.2, 0.25) is 11.0 Å². The van der Waals surface area contributed by atoms with E-state index in [1.807, 2.05) is 0 Å². The summed E-state index contributed by atoms with van der Waals surface area (Å²) in [5, 5.41) is 18.6. The molecule has 4 heterocycles. The maximum Gasteiger partial charge on any atom is 0.296 e. The molecule has 10 nitrogen and oxygen atoms in total. The summed E-state index contributed by atoms with van der Waals surface area (Å²) in [6.07, 6.45) is 1.24. The molecule has 1 amide bonds. The van der Waals surface area contributed by atoms with Crippen LogP contribution in [0.3, 0.4) is 0 Å². The number of halogens is 1. The van der Waals surface area contributed by atoms with Crippen molar-refractivity contribution in [2.75, 3.05) is 30.4 Å². The Kier molecular flexibility index (Phi) is 5.93. The first-order chi connectivity index (χ1) is 14.6. The van der Waals surface area contributed by atoms with Crippen molar-refractivity contribution in [3.63, 3.8) is 0 Å². The largest absolute Gasteiger partial charge is 0.497 e. The molecule has 0 bridgehead atoms. The van der Waals surface area contributed by atoms with Gasteiger partial charge in [0.25, 0.3) is 5.19 Å². The summed E-state index contributed by atoms with van der Waals surface area (Å²) in [4.78, 5) is 18.1. The number of carbonyl (C=O) groups is 1. The van der Waals surface area contributed by atoms with Gasteiger partial charge in [0.1, 0.15) is 5.75 Å². The number of amides is 1. The summed E-state index contributed by atoms with van der Waals surface area (Å²) < 4.78 is 25.2. The third-order valence-electron chi connectivity index (χ3n) is 4.35. The molecule has 1 aliphatic rings. The fourth-order valence-corrected chi connectivity index (χ4v) is 3.60. The maximum atomic E-state index is 14.4. The van der Waals surface area contributed by atoms with E-state index in [1.165, 1.54) is 0 Å². The van der Waals surface area contributed by atoms with Gasteiger partial charge in [0, 0.05) is 18.5 Å². The topological polar surface area (TPSA) is 115 Å². The van der Waals surface area contributed by atoms with E-state index >= 15 is 0 Å². The van der Waals surface area contributed by atoms with Gasteiger partial charge in [-0.1, -0.05) is 5.10 Å². The molecule has 0 aliphatic carbocycles. The minimum absolute atomic E-state index is 0.0508. The van der Waals surface area contributed by atoms with Crippen molar-refractivity contribution in [2.24, 2.45) is 0 Å². The summed E-state index contributed by atoms with van der Waals surface area (Å²) in [6.45, 7) is 0.460. The highest BCUT2D eigenvalue weighted by molar-refractivity contribution is 7.17. The zero-order valence-corrected chi connectivity index (χ0v) is 16.8. The van der Waals surface area contributed by atoms with Crippen LogP contribution in [0.4, 0.5) is 15.3 Å². The van der Waals surface area contributed by atoms with Crippen molar-refractivity contribution >= 4 is 28.2 Å². The number of aromatic nitrogens is 5. The quantitative estimate of drug-likeness (QED) is 0.594. The van der Waals surface area contributed by atoms with E-state index in [1.54, 1.807) is 48.7 Å². The average Bonchev–Trinajstić information content (AvgIpc) is 3.35. The first-order valence-corrected chi connectivity index (χ1v) is 9.88. The van der Waals surface area contributed by atoms with Crippen LogP contribution in [0.2, 0.25) is 0 Å². The van der Waals surface area contributed by atoms with Crippen LogP contribution < -0.4 is 19.7 Å².